The maximum atomic E-state index is 12.0. The first-order chi connectivity index (χ1) is 8.70. The molecule has 7 nitrogen and oxygen atoms in total. The fourth-order valence-corrected chi connectivity index (χ4v) is 2.10. The number of sulfone groups is 1. The first kappa shape index (κ1) is 15.2. The molecule has 0 aliphatic carbocycles. The number of rotatable bonds is 6. The van der Waals surface area contributed by atoms with Crippen molar-refractivity contribution in [3.63, 3.8) is 0 Å². The zero-order chi connectivity index (χ0) is 14.6. The molecule has 1 heterocycles. The third kappa shape index (κ3) is 4.74. The number of hydrogen-bond donors (Lipinski definition) is 1. The summed E-state index contributed by atoms with van der Waals surface area (Å²) in [6, 6.07) is 3.07. The lowest BCUT2D eigenvalue weighted by atomic mass is 10.3. The van der Waals surface area contributed by atoms with Crippen molar-refractivity contribution < 1.29 is 23.1 Å². The van der Waals surface area contributed by atoms with Crippen molar-refractivity contribution in [3.8, 4) is 0 Å². The molecule has 19 heavy (non-hydrogen) atoms. The summed E-state index contributed by atoms with van der Waals surface area (Å²) in [5.41, 5.74) is 0.221. The SMILES string of the molecule is CN(CCS(C)(=O)=O)C(=O)c1cccn1CC(=O)O. The molecule has 0 aromatic carbocycles. The van der Waals surface area contributed by atoms with Crippen LogP contribution in [0.1, 0.15) is 10.5 Å². The van der Waals surface area contributed by atoms with Crippen molar-refractivity contribution >= 4 is 21.7 Å². The highest BCUT2D eigenvalue weighted by Gasteiger charge is 2.17. The monoisotopic (exact) mass is 288 g/mol. The molecular formula is C11H16N2O5S. The molecule has 0 radical (unpaired) electrons. The van der Waals surface area contributed by atoms with Crippen LogP contribution in [0.15, 0.2) is 18.3 Å². The van der Waals surface area contributed by atoms with Crippen LogP contribution in [0.2, 0.25) is 0 Å². The Hall–Kier alpha value is -1.83. The van der Waals surface area contributed by atoms with Gasteiger partial charge in [-0.2, -0.15) is 0 Å². The number of amides is 1. The average molecular weight is 288 g/mol. The Bertz CT molecular complexity index is 576. The van der Waals surface area contributed by atoms with Crippen LogP contribution in [-0.2, 0) is 21.2 Å². The molecule has 8 heteroatoms. The van der Waals surface area contributed by atoms with Gasteiger partial charge in [-0.1, -0.05) is 0 Å². The molecule has 0 saturated heterocycles. The van der Waals surface area contributed by atoms with E-state index in [4.69, 9.17) is 5.11 Å². The number of aliphatic carboxylic acids is 1. The summed E-state index contributed by atoms with van der Waals surface area (Å²) >= 11 is 0. The average Bonchev–Trinajstić information content (AvgIpc) is 2.71. The van der Waals surface area contributed by atoms with Gasteiger partial charge in [0.15, 0.2) is 0 Å². The Morgan fingerprint density at radius 3 is 2.58 bits per heavy atom. The second-order valence-electron chi connectivity index (χ2n) is 4.27. The molecule has 1 aromatic heterocycles. The van der Waals surface area contributed by atoms with Crippen LogP contribution < -0.4 is 0 Å². The van der Waals surface area contributed by atoms with E-state index in [9.17, 15) is 18.0 Å². The number of carbonyl (C=O) groups is 2. The number of aromatic nitrogens is 1. The molecule has 0 saturated carbocycles. The fraction of sp³-hybridized carbons (Fsp3) is 0.455. The van der Waals surface area contributed by atoms with Gasteiger partial charge < -0.3 is 14.6 Å². The Labute approximate surface area is 111 Å². The van der Waals surface area contributed by atoms with Crippen LogP contribution in [0.4, 0.5) is 0 Å². The highest BCUT2D eigenvalue weighted by molar-refractivity contribution is 7.90. The second-order valence-corrected chi connectivity index (χ2v) is 6.53. The molecule has 106 valence electrons. The zero-order valence-electron chi connectivity index (χ0n) is 10.7. The van der Waals surface area contributed by atoms with E-state index in [2.05, 4.69) is 0 Å². The summed E-state index contributed by atoms with van der Waals surface area (Å²) < 4.78 is 23.4. The lowest BCUT2D eigenvalue weighted by molar-refractivity contribution is -0.137. The highest BCUT2D eigenvalue weighted by Crippen LogP contribution is 2.06. The Morgan fingerprint density at radius 1 is 1.42 bits per heavy atom. The van der Waals surface area contributed by atoms with Crippen LogP contribution in [0.3, 0.4) is 0 Å². The van der Waals surface area contributed by atoms with Gasteiger partial charge in [0.05, 0.1) is 5.75 Å². The topological polar surface area (TPSA) is 96.7 Å². The molecule has 0 unspecified atom stereocenters. The lowest BCUT2D eigenvalue weighted by Crippen LogP contribution is -2.33. The van der Waals surface area contributed by atoms with Gasteiger partial charge in [0.1, 0.15) is 22.1 Å². The molecule has 0 fully saturated rings. The smallest absolute Gasteiger partial charge is 0.323 e. The highest BCUT2D eigenvalue weighted by atomic mass is 32.2. The molecule has 1 N–H and O–H groups in total. The number of hydrogen-bond acceptors (Lipinski definition) is 4. The van der Waals surface area contributed by atoms with Gasteiger partial charge in [0.2, 0.25) is 0 Å². The van der Waals surface area contributed by atoms with Crippen LogP contribution in [0.25, 0.3) is 0 Å². The summed E-state index contributed by atoms with van der Waals surface area (Å²) in [6.07, 6.45) is 2.59. The third-order valence-electron chi connectivity index (χ3n) is 2.50. The molecule has 0 aliphatic heterocycles. The zero-order valence-corrected chi connectivity index (χ0v) is 11.6. The van der Waals surface area contributed by atoms with Crippen LogP contribution in [0.5, 0.6) is 0 Å². The molecule has 1 rings (SSSR count). The number of carboxylic acids is 1. The van der Waals surface area contributed by atoms with E-state index in [-0.39, 0.29) is 24.5 Å². The third-order valence-corrected chi connectivity index (χ3v) is 3.42. The van der Waals surface area contributed by atoms with E-state index in [1.54, 1.807) is 6.07 Å². The second kappa shape index (κ2) is 5.87. The van der Waals surface area contributed by atoms with Crippen molar-refractivity contribution in [1.82, 2.24) is 9.47 Å². The van der Waals surface area contributed by atoms with Crippen molar-refractivity contribution in [1.29, 1.82) is 0 Å². The Balaban J connectivity index is 2.77. The molecular weight excluding hydrogens is 272 g/mol. The summed E-state index contributed by atoms with van der Waals surface area (Å²) in [4.78, 5) is 23.9. The van der Waals surface area contributed by atoms with Gasteiger partial charge in [-0.05, 0) is 12.1 Å². The Morgan fingerprint density at radius 2 is 2.05 bits per heavy atom. The molecule has 0 bridgehead atoms. The van der Waals surface area contributed by atoms with Gasteiger partial charge in [-0.15, -0.1) is 0 Å². The maximum Gasteiger partial charge on any atom is 0.323 e. The van der Waals surface area contributed by atoms with E-state index in [0.29, 0.717) is 0 Å². The fourth-order valence-electron chi connectivity index (χ4n) is 1.49. The minimum Gasteiger partial charge on any atom is -0.480 e. The van der Waals surface area contributed by atoms with Gasteiger partial charge in [0, 0.05) is 26.0 Å². The van der Waals surface area contributed by atoms with E-state index >= 15 is 0 Å². The minimum atomic E-state index is -3.15. The van der Waals surface area contributed by atoms with Crippen molar-refractivity contribution in [3.05, 3.63) is 24.0 Å². The van der Waals surface area contributed by atoms with Gasteiger partial charge in [0.25, 0.3) is 5.91 Å². The molecule has 1 aromatic rings. The molecule has 0 atom stereocenters. The largest absolute Gasteiger partial charge is 0.480 e. The van der Waals surface area contributed by atoms with E-state index in [0.717, 1.165) is 6.26 Å². The lowest BCUT2D eigenvalue weighted by Gasteiger charge is -2.17. The van der Waals surface area contributed by atoms with Crippen LogP contribution in [0, 0.1) is 0 Å². The van der Waals surface area contributed by atoms with Crippen LogP contribution >= 0.6 is 0 Å². The van der Waals surface area contributed by atoms with Crippen molar-refractivity contribution in [2.75, 3.05) is 25.6 Å². The van der Waals surface area contributed by atoms with E-state index in [1.165, 1.54) is 28.8 Å². The molecule has 0 spiro atoms. The minimum absolute atomic E-state index is 0.0654. The molecule has 1 amide bonds. The summed E-state index contributed by atoms with van der Waals surface area (Å²) in [5, 5.41) is 8.72. The summed E-state index contributed by atoms with van der Waals surface area (Å²) in [7, 11) is -1.67. The van der Waals surface area contributed by atoms with E-state index < -0.39 is 21.7 Å². The van der Waals surface area contributed by atoms with Crippen molar-refractivity contribution in [2.24, 2.45) is 0 Å². The predicted molar refractivity (Wildman–Crippen MR) is 68.7 cm³/mol. The quantitative estimate of drug-likeness (QED) is 0.774. The normalized spacial score (nSPS) is 11.3. The number of nitrogens with zero attached hydrogens (tertiary/aromatic N) is 2. The van der Waals surface area contributed by atoms with Gasteiger partial charge >= 0.3 is 5.97 Å². The summed E-state index contributed by atoms with van der Waals surface area (Å²) in [6.45, 7) is -0.246. The van der Waals surface area contributed by atoms with E-state index in [1.807, 2.05) is 0 Å². The first-order valence-corrected chi connectivity index (χ1v) is 7.57. The molecule has 0 aliphatic rings. The van der Waals surface area contributed by atoms with Gasteiger partial charge in [-0.25, -0.2) is 8.42 Å². The maximum absolute atomic E-state index is 12.0. The Kier molecular flexibility index (Phi) is 4.71. The number of carbonyl (C=O) groups excluding carboxylic acids is 1. The van der Waals surface area contributed by atoms with Crippen LogP contribution in [-0.4, -0.2) is 60.5 Å². The van der Waals surface area contributed by atoms with Gasteiger partial charge in [-0.3, -0.25) is 9.59 Å². The first-order valence-electron chi connectivity index (χ1n) is 5.51. The number of carboxylic acid groups (broad SMARTS) is 1. The predicted octanol–water partition coefficient (Wildman–Crippen LogP) is -0.311. The van der Waals surface area contributed by atoms with Crippen molar-refractivity contribution in [2.45, 2.75) is 6.54 Å². The standard InChI is InChI=1S/C11H16N2O5S/c1-12(6-7-19(2,17)18)11(16)9-4-3-5-13(9)8-10(14)15/h3-5H,6-8H2,1-2H3,(H,14,15). The summed E-state index contributed by atoms with van der Waals surface area (Å²) in [5.74, 6) is -1.59.